The molecule has 0 saturated carbocycles. The van der Waals surface area contributed by atoms with Gasteiger partial charge in [-0.05, 0) is 54.6 Å². The molecule has 0 spiro atoms. The van der Waals surface area contributed by atoms with Crippen LogP contribution in [0.2, 0.25) is 0 Å². The van der Waals surface area contributed by atoms with Crippen LogP contribution in [0.5, 0.6) is 0 Å². The molecule has 3 aromatic heterocycles. The molecule has 5 nitrogen and oxygen atoms in total. The van der Waals surface area contributed by atoms with Gasteiger partial charge in [0.15, 0.2) is 0 Å². The summed E-state index contributed by atoms with van der Waals surface area (Å²) in [4.78, 5) is 5.28. The second-order valence-corrected chi connectivity index (χ2v) is 8.76. The van der Waals surface area contributed by atoms with Gasteiger partial charge in [0.05, 0.1) is 34.3 Å². The SMILES string of the molecule is N#Cc1cccc(-n2c3ccccc3c3cc4c5ccccc5n(-c5cccc(C#N)c5)c4nc32)c1. The Bertz CT molecular complexity index is 1930. The van der Waals surface area contributed by atoms with Crippen LogP contribution in [-0.2, 0) is 0 Å². The normalized spacial score (nSPS) is 11.3. The lowest BCUT2D eigenvalue weighted by atomic mass is 10.1. The maximum Gasteiger partial charge on any atom is 0.148 e. The van der Waals surface area contributed by atoms with Gasteiger partial charge in [0.2, 0.25) is 0 Å². The van der Waals surface area contributed by atoms with Crippen LogP contribution in [0.3, 0.4) is 0 Å². The second kappa shape index (κ2) is 7.56. The van der Waals surface area contributed by atoms with Gasteiger partial charge in [0.1, 0.15) is 11.3 Å². The highest BCUT2D eigenvalue weighted by Gasteiger charge is 2.19. The molecule has 0 bridgehead atoms. The van der Waals surface area contributed by atoms with Gasteiger partial charge in [0.25, 0.3) is 0 Å². The highest BCUT2D eigenvalue weighted by atomic mass is 15.1. The lowest BCUT2D eigenvalue weighted by molar-refractivity contribution is 1.11. The number of fused-ring (bicyclic) bond motifs is 6. The number of nitriles is 2. The molecule has 5 heteroatoms. The number of nitrogens with zero attached hydrogens (tertiary/aromatic N) is 5. The Morgan fingerprint density at radius 3 is 1.44 bits per heavy atom. The van der Waals surface area contributed by atoms with Gasteiger partial charge in [-0.25, -0.2) is 4.98 Å². The zero-order chi connectivity index (χ0) is 24.2. The maximum absolute atomic E-state index is 9.51. The molecule has 0 aliphatic rings. The summed E-state index contributed by atoms with van der Waals surface area (Å²) in [5.41, 5.74) is 6.68. The summed E-state index contributed by atoms with van der Waals surface area (Å²) in [6.45, 7) is 0. The molecule has 166 valence electrons. The van der Waals surface area contributed by atoms with Crippen molar-refractivity contribution in [1.29, 1.82) is 10.5 Å². The summed E-state index contributed by atoms with van der Waals surface area (Å²) >= 11 is 0. The number of pyridine rings is 1. The van der Waals surface area contributed by atoms with Crippen LogP contribution in [0, 0.1) is 22.7 Å². The van der Waals surface area contributed by atoms with Gasteiger partial charge in [0, 0.05) is 32.9 Å². The van der Waals surface area contributed by atoms with E-state index in [-0.39, 0.29) is 0 Å². The van der Waals surface area contributed by atoms with Crippen molar-refractivity contribution in [2.45, 2.75) is 0 Å². The Kier molecular flexibility index (Phi) is 4.21. The Morgan fingerprint density at radius 2 is 0.972 bits per heavy atom. The van der Waals surface area contributed by atoms with Crippen molar-refractivity contribution in [2.75, 3.05) is 0 Å². The predicted octanol–water partition coefficient (Wildman–Crippen LogP) is 7.02. The summed E-state index contributed by atoms with van der Waals surface area (Å²) < 4.78 is 4.25. The minimum absolute atomic E-state index is 0.599. The Morgan fingerprint density at radius 1 is 0.500 bits per heavy atom. The molecule has 0 unspecified atom stereocenters. The molecular formula is C31H17N5. The largest absolute Gasteiger partial charge is 0.294 e. The van der Waals surface area contributed by atoms with Crippen LogP contribution in [-0.4, -0.2) is 14.1 Å². The predicted molar refractivity (Wildman–Crippen MR) is 142 cm³/mol. The summed E-state index contributed by atoms with van der Waals surface area (Å²) in [5, 5.41) is 23.3. The Labute approximate surface area is 206 Å². The maximum atomic E-state index is 9.51. The molecule has 3 heterocycles. The average molecular weight is 460 g/mol. The van der Waals surface area contributed by atoms with Crippen LogP contribution in [0.25, 0.3) is 55.2 Å². The molecule has 0 amide bonds. The van der Waals surface area contributed by atoms with Crippen molar-refractivity contribution < 1.29 is 0 Å². The molecule has 4 aromatic carbocycles. The minimum Gasteiger partial charge on any atom is -0.294 e. The van der Waals surface area contributed by atoms with E-state index in [4.69, 9.17) is 4.98 Å². The molecule has 0 aliphatic heterocycles. The van der Waals surface area contributed by atoms with Gasteiger partial charge in [-0.15, -0.1) is 0 Å². The van der Waals surface area contributed by atoms with Crippen molar-refractivity contribution in [3.05, 3.63) is 114 Å². The lowest BCUT2D eigenvalue weighted by Gasteiger charge is -2.09. The Balaban J connectivity index is 1.67. The number of hydrogen-bond donors (Lipinski definition) is 0. The fourth-order valence-corrected chi connectivity index (χ4v) is 5.20. The molecule has 7 rings (SSSR count). The van der Waals surface area contributed by atoms with E-state index < -0.39 is 0 Å². The van der Waals surface area contributed by atoms with E-state index in [9.17, 15) is 10.5 Å². The fraction of sp³-hybridized carbons (Fsp3) is 0. The zero-order valence-corrected chi connectivity index (χ0v) is 19.1. The van der Waals surface area contributed by atoms with Crippen LogP contribution < -0.4 is 0 Å². The van der Waals surface area contributed by atoms with Gasteiger partial charge in [-0.1, -0.05) is 48.5 Å². The standard InChI is InChI=1S/C31H17N5/c32-18-20-7-5-9-22(15-20)35-28-13-3-1-11-24(28)26-17-27-25-12-2-4-14-29(25)36(31(27)34-30(26)35)23-10-6-8-21(16-23)19-33/h1-17H. The van der Waals surface area contributed by atoms with Gasteiger partial charge >= 0.3 is 0 Å². The number of benzene rings is 4. The quantitative estimate of drug-likeness (QED) is 0.279. The first-order valence-electron chi connectivity index (χ1n) is 11.6. The fourth-order valence-electron chi connectivity index (χ4n) is 5.20. The molecule has 0 radical (unpaired) electrons. The van der Waals surface area contributed by atoms with E-state index in [1.165, 1.54) is 0 Å². The third-order valence-corrected chi connectivity index (χ3v) is 6.74. The third-order valence-electron chi connectivity index (χ3n) is 6.74. The summed E-state index contributed by atoms with van der Waals surface area (Å²) in [6, 6.07) is 38.5. The van der Waals surface area contributed by atoms with E-state index in [0.29, 0.717) is 11.1 Å². The molecule has 0 fully saturated rings. The molecular weight excluding hydrogens is 442 g/mol. The number of aromatic nitrogens is 3. The Hall–Kier alpha value is -5.39. The van der Waals surface area contributed by atoms with Crippen LogP contribution >= 0.6 is 0 Å². The first-order chi connectivity index (χ1) is 17.8. The van der Waals surface area contributed by atoms with E-state index in [1.54, 1.807) is 0 Å². The van der Waals surface area contributed by atoms with Gasteiger partial charge < -0.3 is 0 Å². The van der Waals surface area contributed by atoms with Crippen molar-refractivity contribution in [3.8, 4) is 23.5 Å². The molecule has 36 heavy (non-hydrogen) atoms. The summed E-state index contributed by atoms with van der Waals surface area (Å²) in [5.74, 6) is 0. The monoisotopic (exact) mass is 459 g/mol. The lowest BCUT2D eigenvalue weighted by Crippen LogP contribution is -1.99. The van der Waals surface area contributed by atoms with Crippen LogP contribution in [0.1, 0.15) is 11.1 Å². The zero-order valence-electron chi connectivity index (χ0n) is 19.1. The van der Waals surface area contributed by atoms with Crippen molar-refractivity contribution >= 4 is 43.9 Å². The van der Waals surface area contributed by atoms with Crippen molar-refractivity contribution in [2.24, 2.45) is 0 Å². The van der Waals surface area contributed by atoms with E-state index >= 15 is 0 Å². The van der Waals surface area contributed by atoms with Crippen molar-refractivity contribution in [1.82, 2.24) is 14.1 Å². The molecule has 0 aliphatic carbocycles. The van der Waals surface area contributed by atoms with Crippen LogP contribution in [0.15, 0.2) is 103 Å². The topological polar surface area (TPSA) is 70.3 Å². The average Bonchev–Trinajstić information content (AvgIpc) is 3.44. The second-order valence-electron chi connectivity index (χ2n) is 8.76. The highest BCUT2D eigenvalue weighted by molar-refractivity contribution is 6.16. The highest BCUT2D eigenvalue weighted by Crippen LogP contribution is 2.37. The number of rotatable bonds is 2. The minimum atomic E-state index is 0.599. The van der Waals surface area contributed by atoms with Crippen LogP contribution in [0.4, 0.5) is 0 Å². The molecule has 0 atom stereocenters. The van der Waals surface area contributed by atoms with E-state index in [1.807, 2.05) is 72.8 Å². The van der Waals surface area contributed by atoms with E-state index in [2.05, 4.69) is 51.6 Å². The summed E-state index contributed by atoms with van der Waals surface area (Å²) in [6.07, 6.45) is 0. The first-order valence-corrected chi connectivity index (χ1v) is 11.6. The molecule has 0 saturated heterocycles. The first kappa shape index (κ1) is 20.0. The van der Waals surface area contributed by atoms with Gasteiger partial charge in [-0.2, -0.15) is 10.5 Å². The smallest absolute Gasteiger partial charge is 0.148 e. The number of para-hydroxylation sites is 2. The molecule has 7 aromatic rings. The third kappa shape index (κ3) is 2.78. The number of hydrogen-bond acceptors (Lipinski definition) is 3. The molecule has 0 N–H and O–H groups in total. The van der Waals surface area contributed by atoms with Crippen molar-refractivity contribution in [3.63, 3.8) is 0 Å². The van der Waals surface area contributed by atoms with E-state index in [0.717, 1.165) is 55.2 Å². The van der Waals surface area contributed by atoms with Gasteiger partial charge in [-0.3, -0.25) is 9.13 Å². The summed E-state index contributed by atoms with van der Waals surface area (Å²) in [7, 11) is 0.